The summed E-state index contributed by atoms with van der Waals surface area (Å²) in [4.78, 5) is 29.1. The number of carbonyl (C=O) groups is 2. The van der Waals surface area contributed by atoms with E-state index in [9.17, 15) is 14.7 Å². The molecule has 1 aliphatic heterocycles. The van der Waals surface area contributed by atoms with Crippen LogP contribution in [0.1, 0.15) is 114 Å². The molecular weight excluding hydrogens is 640 g/mol. The highest BCUT2D eigenvalue weighted by Crippen LogP contribution is 2.12. The number of nitrogens with zero attached hydrogens (tertiary/aromatic N) is 2. The fraction of sp³-hybridized carbons (Fsp3) is 0.674. The number of aliphatic hydroxyl groups excluding tert-OH is 1. The van der Waals surface area contributed by atoms with Crippen LogP contribution in [0, 0.1) is 0 Å². The Morgan fingerprint density at radius 1 is 0.627 bits per heavy atom. The van der Waals surface area contributed by atoms with E-state index < -0.39 is 6.10 Å². The monoisotopic (exact) mass is 709 g/mol. The van der Waals surface area contributed by atoms with Crippen LogP contribution in [0.15, 0.2) is 60.7 Å². The van der Waals surface area contributed by atoms with Crippen LogP contribution in [0.4, 0.5) is 0 Å². The molecule has 0 amide bonds. The van der Waals surface area contributed by atoms with Gasteiger partial charge in [-0.1, -0.05) is 99.2 Å². The van der Waals surface area contributed by atoms with Gasteiger partial charge in [0.25, 0.3) is 0 Å². The molecule has 1 saturated heterocycles. The first-order valence-electron chi connectivity index (χ1n) is 20.2. The molecule has 2 aromatic carbocycles. The average Bonchev–Trinajstić information content (AvgIpc) is 3.14. The van der Waals surface area contributed by atoms with Crippen LogP contribution < -0.4 is 0 Å². The molecule has 2 aromatic rings. The Bertz CT molecular complexity index is 1050. The van der Waals surface area contributed by atoms with Crippen molar-refractivity contribution in [2.24, 2.45) is 0 Å². The second-order valence-corrected chi connectivity index (χ2v) is 14.2. The van der Waals surface area contributed by atoms with Crippen LogP contribution in [-0.4, -0.2) is 98.6 Å². The number of aryl methyl sites for hydroxylation is 2. The predicted octanol–water partition coefficient (Wildman–Crippen LogP) is 7.79. The van der Waals surface area contributed by atoms with E-state index in [-0.39, 0.29) is 11.9 Å². The van der Waals surface area contributed by atoms with Crippen LogP contribution >= 0.6 is 0 Å². The molecule has 0 saturated carbocycles. The molecule has 1 aliphatic rings. The van der Waals surface area contributed by atoms with Gasteiger partial charge in [0, 0.05) is 39.0 Å². The Labute approximate surface area is 309 Å². The van der Waals surface area contributed by atoms with Crippen LogP contribution in [0.5, 0.6) is 0 Å². The minimum absolute atomic E-state index is 0.0922. The van der Waals surface area contributed by atoms with Gasteiger partial charge in [-0.05, 0) is 88.4 Å². The van der Waals surface area contributed by atoms with Crippen LogP contribution in [0.25, 0.3) is 0 Å². The van der Waals surface area contributed by atoms with Gasteiger partial charge in [0.2, 0.25) is 0 Å². The zero-order chi connectivity index (χ0) is 36.0. The predicted molar refractivity (Wildman–Crippen MR) is 206 cm³/mol. The number of benzene rings is 2. The van der Waals surface area contributed by atoms with E-state index in [0.29, 0.717) is 39.1 Å². The highest BCUT2D eigenvalue weighted by molar-refractivity contribution is 5.69. The lowest BCUT2D eigenvalue weighted by molar-refractivity contribution is -0.144. The first-order chi connectivity index (χ1) is 25.1. The lowest BCUT2D eigenvalue weighted by Crippen LogP contribution is -2.45. The van der Waals surface area contributed by atoms with Gasteiger partial charge in [-0.3, -0.25) is 14.5 Å². The molecule has 1 heterocycles. The maximum atomic E-state index is 12.2. The van der Waals surface area contributed by atoms with Crippen LogP contribution in [-0.2, 0) is 36.6 Å². The Balaban J connectivity index is 1.20. The Morgan fingerprint density at radius 3 is 1.57 bits per heavy atom. The number of unbranched alkanes of at least 4 members (excludes halogenated alkanes) is 10. The molecule has 0 aliphatic carbocycles. The van der Waals surface area contributed by atoms with Crippen LogP contribution in [0.3, 0.4) is 0 Å². The van der Waals surface area contributed by atoms with E-state index in [2.05, 4.69) is 70.5 Å². The fourth-order valence-electron chi connectivity index (χ4n) is 6.67. The maximum absolute atomic E-state index is 12.2. The van der Waals surface area contributed by atoms with Gasteiger partial charge in [0.15, 0.2) is 0 Å². The van der Waals surface area contributed by atoms with Gasteiger partial charge < -0.3 is 24.2 Å². The Kier molecular flexibility index (Phi) is 24.0. The molecule has 8 nitrogen and oxygen atoms in total. The molecular formula is C43H68N2O6. The summed E-state index contributed by atoms with van der Waals surface area (Å²) in [6.07, 6.45) is 17.3. The second-order valence-electron chi connectivity index (χ2n) is 14.2. The summed E-state index contributed by atoms with van der Waals surface area (Å²) >= 11 is 0. The van der Waals surface area contributed by atoms with Crippen LogP contribution in [0.2, 0.25) is 0 Å². The molecule has 1 unspecified atom stereocenters. The molecule has 0 spiro atoms. The number of hydrogen-bond donors (Lipinski definition) is 1. The van der Waals surface area contributed by atoms with Gasteiger partial charge in [0.1, 0.15) is 0 Å². The molecule has 3 rings (SSSR count). The lowest BCUT2D eigenvalue weighted by atomic mass is 10.1. The summed E-state index contributed by atoms with van der Waals surface area (Å²) < 4.78 is 16.5. The van der Waals surface area contributed by atoms with Crippen molar-refractivity contribution < 1.29 is 28.9 Å². The molecule has 286 valence electrons. The molecule has 1 atom stereocenters. The first kappa shape index (κ1) is 42.6. The van der Waals surface area contributed by atoms with E-state index in [1.54, 1.807) is 0 Å². The van der Waals surface area contributed by atoms with E-state index in [1.807, 2.05) is 0 Å². The number of rotatable bonds is 30. The van der Waals surface area contributed by atoms with Crippen molar-refractivity contribution in [3.8, 4) is 0 Å². The normalized spacial score (nSPS) is 14.1. The number of esters is 2. The van der Waals surface area contributed by atoms with E-state index in [4.69, 9.17) is 14.2 Å². The second kappa shape index (κ2) is 28.8. The SMILES string of the molecule is O=C(CCCCCCCc1ccccc1)OCCCCN(CCCCOC(=O)CCCCCCCc1ccccc1)CC(O)CN1CCOCC1. The summed E-state index contributed by atoms with van der Waals surface area (Å²) in [7, 11) is 0. The van der Waals surface area contributed by atoms with Crippen molar-refractivity contribution in [1.82, 2.24) is 9.80 Å². The lowest BCUT2D eigenvalue weighted by Gasteiger charge is -2.31. The van der Waals surface area contributed by atoms with Crippen molar-refractivity contribution in [2.75, 3.05) is 65.7 Å². The number of hydrogen-bond acceptors (Lipinski definition) is 8. The summed E-state index contributed by atoms with van der Waals surface area (Å²) in [6.45, 7) is 6.98. The topological polar surface area (TPSA) is 88.5 Å². The molecule has 0 radical (unpaired) electrons. The Morgan fingerprint density at radius 2 is 1.08 bits per heavy atom. The third-order valence-corrected chi connectivity index (χ3v) is 9.68. The van der Waals surface area contributed by atoms with Crippen molar-refractivity contribution in [1.29, 1.82) is 0 Å². The van der Waals surface area contributed by atoms with Crippen molar-refractivity contribution in [3.63, 3.8) is 0 Å². The minimum Gasteiger partial charge on any atom is -0.466 e. The zero-order valence-electron chi connectivity index (χ0n) is 31.5. The maximum Gasteiger partial charge on any atom is 0.305 e. The highest BCUT2D eigenvalue weighted by Gasteiger charge is 2.18. The van der Waals surface area contributed by atoms with E-state index in [1.165, 1.54) is 36.8 Å². The standard InChI is InChI=1S/C43H68N2O6/c46-41(38-45-31-35-49-36-32-45)37-44(29-17-19-33-50-42(47)27-15-5-1-3-9-21-39-23-11-7-12-24-39)30-18-20-34-51-43(48)28-16-6-2-4-10-22-40-25-13-8-14-26-40/h7-8,11-14,23-26,41,46H,1-6,9-10,15-22,27-38H2. The first-order valence-corrected chi connectivity index (χ1v) is 20.2. The van der Waals surface area contributed by atoms with E-state index >= 15 is 0 Å². The quantitative estimate of drug-likeness (QED) is 0.0650. The number of morpholine rings is 1. The zero-order valence-corrected chi connectivity index (χ0v) is 31.5. The highest BCUT2D eigenvalue weighted by atomic mass is 16.5. The van der Waals surface area contributed by atoms with Crippen molar-refractivity contribution in [3.05, 3.63) is 71.8 Å². The van der Waals surface area contributed by atoms with Gasteiger partial charge >= 0.3 is 11.9 Å². The molecule has 1 N–H and O–H groups in total. The van der Waals surface area contributed by atoms with Gasteiger partial charge in [-0.2, -0.15) is 0 Å². The molecule has 0 bridgehead atoms. The number of ether oxygens (including phenoxy) is 3. The molecule has 51 heavy (non-hydrogen) atoms. The summed E-state index contributed by atoms with van der Waals surface area (Å²) in [5.41, 5.74) is 2.79. The van der Waals surface area contributed by atoms with E-state index in [0.717, 1.165) is 116 Å². The third kappa shape index (κ3) is 22.7. The summed E-state index contributed by atoms with van der Waals surface area (Å²) in [5.74, 6) is -0.184. The van der Waals surface area contributed by atoms with Gasteiger partial charge in [-0.25, -0.2) is 0 Å². The largest absolute Gasteiger partial charge is 0.466 e. The fourth-order valence-corrected chi connectivity index (χ4v) is 6.67. The molecule has 1 fully saturated rings. The smallest absolute Gasteiger partial charge is 0.305 e. The average molecular weight is 709 g/mol. The number of carbonyl (C=O) groups excluding carboxylic acids is 2. The minimum atomic E-state index is -0.435. The Hall–Kier alpha value is -2.78. The number of aliphatic hydroxyl groups is 1. The summed E-state index contributed by atoms with van der Waals surface area (Å²) in [6, 6.07) is 21.2. The molecule has 8 heteroatoms. The van der Waals surface area contributed by atoms with Crippen molar-refractivity contribution >= 4 is 11.9 Å². The summed E-state index contributed by atoms with van der Waals surface area (Å²) in [5, 5.41) is 10.9. The third-order valence-electron chi connectivity index (χ3n) is 9.68. The molecule has 0 aromatic heterocycles. The number of β-amino-alcohol motifs (C(OH)–C–C–N with tert-alkyl or cyclic N) is 1. The van der Waals surface area contributed by atoms with Crippen molar-refractivity contribution in [2.45, 2.75) is 122 Å². The van der Waals surface area contributed by atoms with Gasteiger partial charge in [-0.15, -0.1) is 0 Å². The van der Waals surface area contributed by atoms with Gasteiger partial charge in [0.05, 0.1) is 32.5 Å².